The number of hydrogen-bond acceptors (Lipinski definition) is 2. The highest BCUT2D eigenvalue weighted by Crippen LogP contribution is 2.19. The topological polar surface area (TPSA) is 53.2 Å². The molecule has 0 aliphatic rings. The molecule has 142 valence electrons. The van der Waals surface area contributed by atoms with Crippen molar-refractivity contribution in [3.05, 3.63) is 95.0 Å². The Morgan fingerprint density at radius 2 is 1.54 bits per heavy atom. The summed E-state index contributed by atoms with van der Waals surface area (Å²) in [6, 6.07) is 24.2. The van der Waals surface area contributed by atoms with Crippen molar-refractivity contribution in [1.29, 1.82) is 0 Å². The summed E-state index contributed by atoms with van der Waals surface area (Å²) in [5.74, 6) is -0.172. The molecule has 0 heterocycles. The first kappa shape index (κ1) is 19.9. The van der Waals surface area contributed by atoms with Crippen molar-refractivity contribution in [2.24, 2.45) is 0 Å². The molecule has 0 aliphatic carbocycles. The van der Waals surface area contributed by atoms with E-state index >= 15 is 0 Å². The van der Waals surface area contributed by atoms with E-state index < -0.39 is 0 Å². The van der Waals surface area contributed by atoms with Crippen LogP contribution >= 0.6 is 23.8 Å². The SMILES string of the molecule is C[C@@H](NC(=O)c1ccccc1NC(=S)Nc1ccc(Cl)cc1)c1ccccc1. The van der Waals surface area contributed by atoms with Crippen molar-refractivity contribution in [3.63, 3.8) is 0 Å². The fourth-order valence-electron chi connectivity index (χ4n) is 2.71. The molecule has 0 aliphatic heterocycles. The van der Waals surface area contributed by atoms with Crippen molar-refractivity contribution in [3.8, 4) is 0 Å². The van der Waals surface area contributed by atoms with E-state index in [0.29, 0.717) is 21.4 Å². The van der Waals surface area contributed by atoms with Gasteiger partial charge in [-0.3, -0.25) is 4.79 Å². The first-order valence-corrected chi connectivity index (χ1v) is 9.60. The van der Waals surface area contributed by atoms with Gasteiger partial charge < -0.3 is 16.0 Å². The molecule has 3 N–H and O–H groups in total. The number of amides is 1. The number of thiocarbonyl (C=S) groups is 1. The summed E-state index contributed by atoms with van der Waals surface area (Å²) in [4.78, 5) is 12.8. The highest BCUT2D eigenvalue weighted by molar-refractivity contribution is 7.80. The summed E-state index contributed by atoms with van der Waals surface area (Å²) in [5.41, 5.74) is 3.00. The van der Waals surface area contributed by atoms with Crippen LogP contribution in [0.4, 0.5) is 11.4 Å². The Kier molecular flexibility index (Phi) is 6.63. The summed E-state index contributed by atoms with van der Waals surface area (Å²) in [6.45, 7) is 1.95. The minimum absolute atomic E-state index is 0.110. The fraction of sp³-hybridized carbons (Fsp3) is 0.0909. The quantitative estimate of drug-likeness (QED) is 0.477. The molecule has 3 aromatic rings. The van der Waals surface area contributed by atoms with E-state index in [2.05, 4.69) is 16.0 Å². The van der Waals surface area contributed by atoms with E-state index in [-0.39, 0.29) is 11.9 Å². The molecule has 0 fully saturated rings. The molecule has 0 radical (unpaired) electrons. The van der Waals surface area contributed by atoms with Crippen LogP contribution in [-0.4, -0.2) is 11.0 Å². The molecular weight excluding hydrogens is 390 g/mol. The fourth-order valence-corrected chi connectivity index (χ4v) is 3.06. The summed E-state index contributed by atoms with van der Waals surface area (Å²) in [7, 11) is 0. The second-order valence-electron chi connectivity index (χ2n) is 6.24. The van der Waals surface area contributed by atoms with Gasteiger partial charge in [0.15, 0.2) is 5.11 Å². The number of carbonyl (C=O) groups is 1. The maximum absolute atomic E-state index is 12.8. The van der Waals surface area contributed by atoms with Gasteiger partial charge >= 0.3 is 0 Å². The van der Waals surface area contributed by atoms with Gasteiger partial charge in [0.2, 0.25) is 0 Å². The molecule has 0 saturated carbocycles. The van der Waals surface area contributed by atoms with Crippen LogP contribution in [0.2, 0.25) is 5.02 Å². The molecule has 0 bridgehead atoms. The largest absolute Gasteiger partial charge is 0.345 e. The van der Waals surface area contributed by atoms with E-state index in [1.807, 2.05) is 67.6 Å². The second-order valence-corrected chi connectivity index (χ2v) is 7.08. The zero-order chi connectivity index (χ0) is 19.9. The first-order valence-electron chi connectivity index (χ1n) is 8.81. The third-order valence-electron chi connectivity index (χ3n) is 4.17. The predicted octanol–water partition coefficient (Wildman–Crippen LogP) is 5.64. The highest BCUT2D eigenvalue weighted by atomic mass is 35.5. The van der Waals surface area contributed by atoms with E-state index in [0.717, 1.165) is 11.3 Å². The molecule has 0 aromatic heterocycles. The number of benzene rings is 3. The normalized spacial score (nSPS) is 11.4. The Labute approximate surface area is 174 Å². The molecule has 0 spiro atoms. The summed E-state index contributed by atoms with van der Waals surface area (Å²) >= 11 is 11.3. The third-order valence-corrected chi connectivity index (χ3v) is 4.63. The van der Waals surface area contributed by atoms with E-state index in [4.69, 9.17) is 23.8 Å². The van der Waals surface area contributed by atoms with Crippen LogP contribution in [0.5, 0.6) is 0 Å². The molecule has 3 aromatic carbocycles. The predicted molar refractivity (Wildman–Crippen MR) is 120 cm³/mol. The van der Waals surface area contributed by atoms with Gasteiger partial charge in [-0.1, -0.05) is 54.1 Å². The van der Waals surface area contributed by atoms with Crippen LogP contribution < -0.4 is 16.0 Å². The smallest absolute Gasteiger partial charge is 0.253 e. The van der Waals surface area contributed by atoms with Gasteiger partial charge in [0, 0.05) is 10.7 Å². The molecule has 0 saturated heterocycles. The number of anilines is 2. The number of para-hydroxylation sites is 1. The Morgan fingerprint density at radius 1 is 0.893 bits per heavy atom. The van der Waals surface area contributed by atoms with Crippen LogP contribution in [0.3, 0.4) is 0 Å². The van der Waals surface area contributed by atoms with Gasteiger partial charge in [-0.25, -0.2) is 0 Å². The molecular formula is C22H20ClN3OS. The van der Waals surface area contributed by atoms with Gasteiger partial charge in [-0.15, -0.1) is 0 Å². The van der Waals surface area contributed by atoms with Gasteiger partial charge in [-0.05, 0) is 61.1 Å². The summed E-state index contributed by atoms with van der Waals surface area (Å²) in [6.07, 6.45) is 0. The third kappa shape index (κ3) is 5.31. The standard InChI is InChI=1S/C22H20ClN3OS/c1-15(16-7-3-2-4-8-16)24-21(27)19-9-5-6-10-20(19)26-22(28)25-18-13-11-17(23)12-14-18/h2-15H,1H3,(H,24,27)(H2,25,26,28)/t15-/m1/s1. The molecule has 4 nitrogen and oxygen atoms in total. The molecule has 6 heteroatoms. The Balaban J connectivity index is 1.69. The van der Waals surface area contributed by atoms with Gasteiger partial charge in [0.1, 0.15) is 0 Å². The number of halogens is 1. The number of nitrogens with one attached hydrogen (secondary N) is 3. The van der Waals surface area contributed by atoms with E-state index in [1.54, 1.807) is 18.2 Å². The Hall–Kier alpha value is -2.89. The van der Waals surface area contributed by atoms with Crippen LogP contribution in [-0.2, 0) is 0 Å². The highest BCUT2D eigenvalue weighted by Gasteiger charge is 2.15. The first-order chi connectivity index (χ1) is 13.5. The summed E-state index contributed by atoms with van der Waals surface area (Å²) < 4.78 is 0. The molecule has 1 atom stereocenters. The summed E-state index contributed by atoms with van der Waals surface area (Å²) in [5, 5.41) is 10.2. The van der Waals surface area contributed by atoms with Crippen molar-refractivity contribution in [2.75, 3.05) is 10.6 Å². The Morgan fingerprint density at radius 3 is 2.25 bits per heavy atom. The average molecular weight is 410 g/mol. The maximum Gasteiger partial charge on any atom is 0.253 e. The van der Waals surface area contributed by atoms with Crippen molar-refractivity contribution in [2.45, 2.75) is 13.0 Å². The molecule has 0 unspecified atom stereocenters. The van der Waals surface area contributed by atoms with Crippen molar-refractivity contribution < 1.29 is 4.79 Å². The zero-order valence-corrected chi connectivity index (χ0v) is 16.8. The van der Waals surface area contributed by atoms with Gasteiger partial charge in [-0.2, -0.15) is 0 Å². The lowest BCUT2D eigenvalue weighted by Gasteiger charge is -2.17. The average Bonchev–Trinajstić information content (AvgIpc) is 2.70. The molecule has 28 heavy (non-hydrogen) atoms. The number of rotatable bonds is 5. The second kappa shape index (κ2) is 9.35. The van der Waals surface area contributed by atoms with Crippen LogP contribution in [0.25, 0.3) is 0 Å². The van der Waals surface area contributed by atoms with Crippen LogP contribution in [0, 0.1) is 0 Å². The Bertz CT molecular complexity index is 961. The lowest BCUT2D eigenvalue weighted by molar-refractivity contribution is 0.0941. The lowest BCUT2D eigenvalue weighted by atomic mass is 10.1. The maximum atomic E-state index is 12.8. The van der Waals surface area contributed by atoms with E-state index in [1.165, 1.54) is 0 Å². The van der Waals surface area contributed by atoms with Gasteiger partial charge in [0.05, 0.1) is 17.3 Å². The van der Waals surface area contributed by atoms with Gasteiger partial charge in [0.25, 0.3) is 5.91 Å². The van der Waals surface area contributed by atoms with E-state index in [9.17, 15) is 4.79 Å². The minimum atomic E-state index is -0.172. The van der Waals surface area contributed by atoms with Crippen molar-refractivity contribution in [1.82, 2.24) is 5.32 Å². The monoisotopic (exact) mass is 409 g/mol. The number of carbonyl (C=O) groups excluding carboxylic acids is 1. The molecule has 1 amide bonds. The van der Waals surface area contributed by atoms with Crippen molar-refractivity contribution >= 4 is 46.2 Å². The zero-order valence-electron chi connectivity index (χ0n) is 15.3. The van der Waals surface area contributed by atoms with Crippen LogP contribution in [0.15, 0.2) is 78.9 Å². The lowest BCUT2D eigenvalue weighted by Crippen LogP contribution is -2.28. The minimum Gasteiger partial charge on any atom is -0.345 e. The molecule has 3 rings (SSSR count). The number of hydrogen-bond donors (Lipinski definition) is 3. The van der Waals surface area contributed by atoms with Crippen LogP contribution in [0.1, 0.15) is 28.9 Å².